The van der Waals surface area contributed by atoms with Crippen LogP contribution in [0.3, 0.4) is 0 Å². The number of amidine groups is 1. The Balaban J connectivity index is 1.60. The van der Waals surface area contributed by atoms with E-state index in [4.69, 9.17) is 9.47 Å². The topological polar surface area (TPSA) is 85.3 Å². The Morgan fingerprint density at radius 1 is 1.10 bits per heavy atom. The molecule has 31 heavy (non-hydrogen) atoms. The molecule has 2 aromatic rings. The molecule has 0 aromatic heterocycles. The van der Waals surface area contributed by atoms with Crippen molar-refractivity contribution in [3.63, 3.8) is 0 Å². The zero-order chi connectivity index (χ0) is 22.2. The van der Waals surface area contributed by atoms with Crippen molar-refractivity contribution in [2.45, 2.75) is 24.6 Å². The first-order chi connectivity index (χ1) is 14.8. The van der Waals surface area contributed by atoms with Gasteiger partial charge < -0.3 is 14.4 Å². The van der Waals surface area contributed by atoms with Crippen LogP contribution >= 0.6 is 11.8 Å². The lowest BCUT2D eigenvalue weighted by molar-refractivity contribution is -0.117. The number of amides is 1. The van der Waals surface area contributed by atoms with Gasteiger partial charge in [-0.2, -0.15) is 4.99 Å². The fourth-order valence-electron chi connectivity index (χ4n) is 3.88. The number of thioether (sulfide) groups is 1. The monoisotopic (exact) mass is 460 g/mol. The predicted molar refractivity (Wildman–Crippen MR) is 123 cm³/mol. The number of hydrogen-bond donors (Lipinski definition) is 0. The normalized spacial score (nSPS) is 23.1. The minimum Gasteiger partial charge on any atom is -0.493 e. The maximum absolute atomic E-state index is 12.8. The number of hydrogen-bond acceptors (Lipinski definition) is 6. The number of fused-ring (bicyclic) bond motifs is 1. The van der Waals surface area contributed by atoms with Crippen molar-refractivity contribution in [1.82, 2.24) is 0 Å². The molecule has 0 unspecified atom stereocenters. The quantitative estimate of drug-likeness (QED) is 0.678. The van der Waals surface area contributed by atoms with Crippen LogP contribution in [-0.2, 0) is 21.1 Å². The van der Waals surface area contributed by atoms with E-state index in [0.29, 0.717) is 16.7 Å². The molecule has 0 aliphatic carbocycles. The Bertz CT molecular complexity index is 1130. The van der Waals surface area contributed by atoms with Crippen LogP contribution < -0.4 is 14.4 Å². The molecule has 4 rings (SSSR count). The van der Waals surface area contributed by atoms with E-state index in [9.17, 15) is 13.2 Å². The highest BCUT2D eigenvalue weighted by Crippen LogP contribution is 2.41. The first-order valence-corrected chi connectivity index (χ1v) is 12.5. The van der Waals surface area contributed by atoms with Gasteiger partial charge >= 0.3 is 0 Å². The highest BCUT2D eigenvalue weighted by molar-refractivity contribution is 8.16. The number of carbonyl (C=O) groups is 1. The summed E-state index contributed by atoms with van der Waals surface area (Å²) in [5, 5.41) is 0.429. The van der Waals surface area contributed by atoms with Crippen molar-refractivity contribution in [1.29, 1.82) is 0 Å². The zero-order valence-electron chi connectivity index (χ0n) is 17.6. The summed E-state index contributed by atoms with van der Waals surface area (Å²) in [6.45, 7) is 1.99. The maximum Gasteiger partial charge on any atom is 0.252 e. The van der Waals surface area contributed by atoms with Crippen LogP contribution in [0.2, 0.25) is 0 Å². The van der Waals surface area contributed by atoms with Crippen molar-refractivity contribution in [2.24, 2.45) is 4.99 Å². The summed E-state index contributed by atoms with van der Waals surface area (Å²) >= 11 is 1.37. The minimum atomic E-state index is -3.10. The number of ether oxygens (including phenoxy) is 2. The molecule has 0 saturated carbocycles. The summed E-state index contributed by atoms with van der Waals surface area (Å²) in [7, 11) is 0.00742. The largest absolute Gasteiger partial charge is 0.493 e. The molecule has 9 heteroatoms. The average molecular weight is 461 g/mol. The van der Waals surface area contributed by atoms with Gasteiger partial charge in [0.1, 0.15) is 0 Å². The van der Waals surface area contributed by atoms with Gasteiger partial charge in [-0.1, -0.05) is 35.5 Å². The van der Waals surface area contributed by atoms with E-state index in [1.165, 1.54) is 11.8 Å². The molecule has 0 N–H and O–H groups in total. The van der Waals surface area contributed by atoms with E-state index in [0.717, 1.165) is 16.8 Å². The number of benzene rings is 2. The van der Waals surface area contributed by atoms with Crippen molar-refractivity contribution in [2.75, 3.05) is 30.6 Å². The van der Waals surface area contributed by atoms with Gasteiger partial charge in [-0.15, -0.1) is 0 Å². The van der Waals surface area contributed by atoms with Crippen LogP contribution in [0.15, 0.2) is 47.5 Å². The van der Waals surface area contributed by atoms with Crippen LogP contribution in [0.1, 0.15) is 11.1 Å². The molecule has 2 fully saturated rings. The summed E-state index contributed by atoms with van der Waals surface area (Å²) in [5.41, 5.74) is 2.72. The Morgan fingerprint density at radius 2 is 1.81 bits per heavy atom. The van der Waals surface area contributed by atoms with Gasteiger partial charge in [-0.05, 0) is 36.8 Å². The molecule has 2 atom stereocenters. The van der Waals surface area contributed by atoms with Gasteiger partial charge in [0.05, 0.1) is 38.2 Å². The lowest BCUT2D eigenvalue weighted by Crippen LogP contribution is -2.37. The van der Waals surface area contributed by atoms with Gasteiger partial charge in [-0.3, -0.25) is 4.79 Å². The third kappa shape index (κ3) is 4.57. The second-order valence-electron chi connectivity index (χ2n) is 7.66. The molecule has 1 amide bonds. The van der Waals surface area contributed by atoms with Crippen molar-refractivity contribution < 1.29 is 22.7 Å². The molecule has 2 aliphatic heterocycles. The molecular weight excluding hydrogens is 436 g/mol. The number of methoxy groups -OCH3 is 2. The summed E-state index contributed by atoms with van der Waals surface area (Å²) < 4.78 is 34.9. The molecule has 2 aliphatic rings. The standard InChI is InChI=1S/C22H24N2O5S2/c1-14-4-7-16(8-5-14)24-17-12-31(26,27)13-20(17)30-22(24)23-21(25)11-15-6-9-18(28-2)19(10-15)29-3/h4-10,17,20H,11-13H2,1-3H3/t17-,20+/m1/s1. The molecule has 0 radical (unpaired) electrons. The van der Waals surface area contributed by atoms with Crippen LogP contribution in [0.5, 0.6) is 11.5 Å². The summed E-state index contributed by atoms with van der Waals surface area (Å²) in [6, 6.07) is 12.9. The van der Waals surface area contributed by atoms with Crippen LogP contribution in [-0.4, -0.2) is 56.5 Å². The van der Waals surface area contributed by atoms with Crippen molar-refractivity contribution in [3.8, 4) is 11.5 Å². The molecule has 2 heterocycles. The Hall–Kier alpha value is -2.52. The summed E-state index contributed by atoms with van der Waals surface area (Å²) in [5.74, 6) is 1.02. The molecule has 0 spiro atoms. The van der Waals surface area contributed by atoms with E-state index in [-0.39, 0.29) is 35.1 Å². The van der Waals surface area contributed by atoms with Gasteiger partial charge in [0.15, 0.2) is 26.5 Å². The SMILES string of the molecule is COc1ccc(CC(=O)N=C2S[C@H]3CS(=O)(=O)C[C@H]3N2c2ccc(C)cc2)cc1OC. The predicted octanol–water partition coefficient (Wildman–Crippen LogP) is 2.86. The number of rotatable bonds is 5. The van der Waals surface area contributed by atoms with Crippen molar-refractivity contribution >= 4 is 38.4 Å². The Kier molecular flexibility index (Phi) is 5.98. The highest BCUT2D eigenvalue weighted by Gasteiger charge is 2.49. The second-order valence-corrected chi connectivity index (χ2v) is 11.0. The fraction of sp³-hybridized carbons (Fsp3) is 0.364. The van der Waals surface area contributed by atoms with E-state index in [2.05, 4.69) is 4.99 Å². The van der Waals surface area contributed by atoms with Crippen molar-refractivity contribution in [3.05, 3.63) is 53.6 Å². The van der Waals surface area contributed by atoms with Gasteiger partial charge in [0.2, 0.25) is 0 Å². The summed E-state index contributed by atoms with van der Waals surface area (Å²) in [6.07, 6.45) is 0.111. The minimum absolute atomic E-state index is 0.0709. The number of carbonyl (C=O) groups excluding carboxylic acids is 1. The molecular formula is C22H24N2O5S2. The Morgan fingerprint density at radius 3 is 2.48 bits per heavy atom. The highest BCUT2D eigenvalue weighted by atomic mass is 32.2. The second kappa shape index (κ2) is 8.55. The fourth-order valence-corrected chi connectivity index (χ4v) is 7.81. The third-order valence-corrected chi connectivity index (χ3v) is 8.61. The molecule has 164 valence electrons. The van der Waals surface area contributed by atoms with E-state index < -0.39 is 9.84 Å². The lowest BCUT2D eigenvalue weighted by atomic mass is 10.1. The van der Waals surface area contributed by atoms with Gasteiger partial charge in [0.25, 0.3) is 5.91 Å². The molecule has 2 aromatic carbocycles. The first kappa shape index (κ1) is 21.7. The van der Waals surface area contributed by atoms with E-state index in [1.54, 1.807) is 32.4 Å². The maximum atomic E-state index is 12.8. The number of nitrogens with zero attached hydrogens (tertiary/aromatic N) is 2. The van der Waals surface area contributed by atoms with Gasteiger partial charge in [0, 0.05) is 10.9 Å². The lowest BCUT2D eigenvalue weighted by Gasteiger charge is -2.24. The Labute approximate surface area is 186 Å². The number of aryl methyl sites for hydroxylation is 1. The van der Waals surface area contributed by atoms with Crippen LogP contribution in [0.4, 0.5) is 5.69 Å². The number of sulfone groups is 1. The van der Waals surface area contributed by atoms with E-state index in [1.807, 2.05) is 36.1 Å². The first-order valence-electron chi connectivity index (χ1n) is 9.85. The zero-order valence-corrected chi connectivity index (χ0v) is 19.2. The average Bonchev–Trinajstić information content (AvgIpc) is 3.19. The third-order valence-electron chi connectivity index (χ3n) is 5.40. The molecule has 2 saturated heterocycles. The molecule has 0 bridgehead atoms. The molecule has 7 nitrogen and oxygen atoms in total. The number of anilines is 1. The van der Waals surface area contributed by atoms with E-state index >= 15 is 0 Å². The van der Waals surface area contributed by atoms with Crippen LogP contribution in [0.25, 0.3) is 0 Å². The smallest absolute Gasteiger partial charge is 0.252 e. The summed E-state index contributed by atoms with van der Waals surface area (Å²) in [4.78, 5) is 19.1. The van der Waals surface area contributed by atoms with Crippen LogP contribution in [0, 0.1) is 6.92 Å². The number of aliphatic imine (C=N–C) groups is 1. The van der Waals surface area contributed by atoms with Gasteiger partial charge in [-0.25, -0.2) is 8.42 Å².